The van der Waals surface area contributed by atoms with Gasteiger partial charge in [-0.3, -0.25) is 0 Å². The second kappa shape index (κ2) is 10.7. The lowest BCUT2D eigenvalue weighted by molar-refractivity contribution is 0.660. The van der Waals surface area contributed by atoms with E-state index in [1.54, 1.807) is 0 Å². The van der Waals surface area contributed by atoms with Gasteiger partial charge in [-0.25, -0.2) is 0 Å². The largest absolute Gasteiger partial charge is 0.456 e. The predicted octanol–water partition coefficient (Wildman–Crippen LogP) is 14.1. The van der Waals surface area contributed by atoms with E-state index in [1.165, 1.54) is 44.2 Å². The van der Waals surface area contributed by atoms with Crippen LogP contribution in [0.15, 0.2) is 173 Å². The summed E-state index contributed by atoms with van der Waals surface area (Å²) in [5.41, 5.74) is 14.2. The smallest absolute Gasteiger partial charge is 0.137 e. The second-order valence-electron chi connectivity index (χ2n) is 14.5. The van der Waals surface area contributed by atoms with E-state index in [4.69, 9.17) is 8.83 Å². The molecule has 0 radical (unpaired) electrons. The third-order valence-corrected chi connectivity index (χ3v) is 11.3. The van der Waals surface area contributed by atoms with Gasteiger partial charge >= 0.3 is 0 Å². The first kappa shape index (κ1) is 29.2. The van der Waals surface area contributed by atoms with E-state index in [2.05, 4.69) is 176 Å². The first-order chi connectivity index (χ1) is 25.5. The highest BCUT2D eigenvalue weighted by Gasteiger charge is 2.36. The minimum absolute atomic E-state index is 0.137. The summed E-state index contributed by atoms with van der Waals surface area (Å²) in [7, 11) is 0. The van der Waals surface area contributed by atoms with Crippen LogP contribution in [0.2, 0.25) is 0 Å². The molecule has 0 saturated heterocycles. The first-order valence-corrected chi connectivity index (χ1v) is 17.9. The normalized spacial score (nSPS) is 13.3. The summed E-state index contributed by atoms with van der Waals surface area (Å²) >= 11 is 0. The molecule has 10 aromatic rings. The Labute approximate surface area is 301 Å². The molecule has 1 aliphatic carbocycles. The van der Waals surface area contributed by atoms with Crippen LogP contribution in [0.3, 0.4) is 0 Å². The van der Waals surface area contributed by atoms with Crippen molar-refractivity contribution < 1.29 is 8.83 Å². The Morgan fingerprint density at radius 3 is 1.94 bits per heavy atom. The molecule has 8 aromatic carbocycles. The third kappa shape index (κ3) is 4.08. The van der Waals surface area contributed by atoms with Crippen LogP contribution in [0.4, 0.5) is 17.1 Å². The summed E-state index contributed by atoms with van der Waals surface area (Å²) in [4.78, 5) is 2.41. The number of anilines is 3. The van der Waals surface area contributed by atoms with E-state index >= 15 is 0 Å². The van der Waals surface area contributed by atoms with Crippen LogP contribution in [0.1, 0.15) is 25.0 Å². The molecule has 52 heavy (non-hydrogen) atoms. The maximum Gasteiger partial charge on any atom is 0.137 e. The van der Waals surface area contributed by atoms with Crippen molar-refractivity contribution in [1.29, 1.82) is 0 Å². The standard InChI is InChI=1S/C49H33NO2/c1-49(2)40-19-10-8-16-34(40)35-25-23-32(28-41(35)49)50(42-20-12-22-45-48(42)37-18-9-11-21-43(37)51-45)31-24-26-44-39(27-31)47-36-17-7-6-15-33(36)38(29-46(47)52-44)30-13-4-3-5-14-30/h3-29H,1-2H3. The van der Waals surface area contributed by atoms with Gasteiger partial charge in [0.15, 0.2) is 0 Å². The number of hydrogen-bond acceptors (Lipinski definition) is 3. The van der Waals surface area contributed by atoms with Crippen LogP contribution in [0.25, 0.3) is 76.9 Å². The summed E-state index contributed by atoms with van der Waals surface area (Å²) < 4.78 is 13.1. The van der Waals surface area contributed by atoms with E-state index < -0.39 is 0 Å². The first-order valence-electron chi connectivity index (χ1n) is 17.9. The van der Waals surface area contributed by atoms with Crippen molar-refractivity contribution in [2.45, 2.75) is 19.3 Å². The highest BCUT2D eigenvalue weighted by Crippen LogP contribution is 2.52. The molecule has 3 nitrogen and oxygen atoms in total. The summed E-state index contributed by atoms with van der Waals surface area (Å²) in [5.74, 6) is 0. The average Bonchev–Trinajstić information content (AvgIpc) is 3.83. The maximum absolute atomic E-state index is 6.67. The zero-order chi connectivity index (χ0) is 34.6. The fourth-order valence-electron chi connectivity index (χ4n) is 8.83. The van der Waals surface area contributed by atoms with Crippen LogP contribution in [0, 0.1) is 0 Å². The molecule has 0 N–H and O–H groups in total. The number of nitrogens with zero attached hydrogens (tertiary/aromatic N) is 1. The van der Waals surface area contributed by atoms with Crippen molar-refractivity contribution in [3.05, 3.63) is 175 Å². The summed E-state index contributed by atoms with van der Waals surface area (Å²) in [6.45, 7) is 4.68. The number of furan rings is 2. The lowest BCUT2D eigenvalue weighted by Gasteiger charge is -2.28. The molecule has 2 aromatic heterocycles. The van der Waals surface area contributed by atoms with Gasteiger partial charge in [0.2, 0.25) is 0 Å². The molecule has 0 amide bonds. The van der Waals surface area contributed by atoms with Gasteiger partial charge < -0.3 is 13.7 Å². The van der Waals surface area contributed by atoms with Crippen LogP contribution >= 0.6 is 0 Å². The van der Waals surface area contributed by atoms with Crippen LogP contribution in [-0.2, 0) is 5.41 Å². The number of hydrogen-bond donors (Lipinski definition) is 0. The fraction of sp³-hybridized carbons (Fsp3) is 0.0612. The molecule has 0 bridgehead atoms. The molecule has 11 rings (SSSR count). The molecular weight excluding hydrogens is 635 g/mol. The third-order valence-electron chi connectivity index (χ3n) is 11.3. The average molecular weight is 668 g/mol. The second-order valence-corrected chi connectivity index (χ2v) is 14.5. The van der Waals surface area contributed by atoms with Crippen molar-refractivity contribution in [1.82, 2.24) is 0 Å². The van der Waals surface area contributed by atoms with Crippen molar-refractivity contribution in [3.63, 3.8) is 0 Å². The van der Waals surface area contributed by atoms with E-state index in [0.29, 0.717) is 0 Å². The quantitative estimate of drug-likeness (QED) is 0.187. The van der Waals surface area contributed by atoms with E-state index in [0.717, 1.165) is 60.9 Å². The molecule has 0 saturated carbocycles. The highest BCUT2D eigenvalue weighted by molar-refractivity contribution is 6.23. The summed E-state index contributed by atoms with van der Waals surface area (Å²) in [5, 5.41) is 6.80. The van der Waals surface area contributed by atoms with Gasteiger partial charge in [-0.05, 0) is 98.8 Å². The predicted molar refractivity (Wildman–Crippen MR) is 216 cm³/mol. The van der Waals surface area contributed by atoms with Gasteiger partial charge in [0.05, 0.1) is 11.1 Å². The molecular formula is C49H33NO2. The van der Waals surface area contributed by atoms with Crippen LogP contribution in [0.5, 0.6) is 0 Å². The molecule has 0 spiro atoms. The number of fused-ring (bicyclic) bond motifs is 11. The molecule has 0 fully saturated rings. The molecule has 1 aliphatic rings. The van der Waals surface area contributed by atoms with Gasteiger partial charge in [0.25, 0.3) is 0 Å². The zero-order valence-electron chi connectivity index (χ0n) is 28.9. The van der Waals surface area contributed by atoms with Crippen LogP contribution in [-0.4, -0.2) is 0 Å². The van der Waals surface area contributed by atoms with Gasteiger partial charge in [-0.15, -0.1) is 0 Å². The number of benzene rings is 8. The zero-order valence-corrected chi connectivity index (χ0v) is 28.9. The Morgan fingerprint density at radius 1 is 0.404 bits per heavy atom. The van der Waals surface area contributed by atoms with Gasteiger partial charge in [0, 0.05) is 32.9 Å². The summed E-state index contributed by atoms with van der Waals surface area (Å²) in [6, 6.07) is 58.7. The Hall–Kier alpha value is -6.58. The summed E-state index contributed by atoms with van der Waals surface area (Å²) in [6.07, 6.45) is 0. The van der Waals surface area contributed by atoms with Crippen molar-refractivity contribution in [3.8, 4) is 22.3 Å². The van der Waals surface area contributed by atoms with Crippen LogP contribution < -0.4 is 4.90 Å². The highest BCUT2D eigenvalue weighted by atomic mass is 16.3. The molecule has 2 heterocycles. The van der Waals surface area contributed by atoms with Crippen molar-refractivity contribution in [2.75, 3.05) is 4.90 Å². The van der Waals surface area contributed by atoms with Crippen molar-refractivity contribution >= 4 is 71.7 Å². The molecule has 0 atom stereocenters. The molecule has 0 unspecified atom stereocenters. The number of rotatable bonds is 4. The Bertz CT molecular complexity index is 3050. The molecule has 246 valence electrons. The molecule has 3 heteroatoms. The molecule has 0 aliphatic heterocycles. The number of para-hydroxylation sites is 1. The SMILES string of the molecule is CC1(C)c2ccccc2-c2ccc(N(c3ccc4oc5cc(-c6ccccc6)c6ccccc6c5c4c3)c3cccc4oc5ccccc5c34)cc21. The topological polar surface area (TPSA) is 29.5 Å². The van der Waals surface area contributed by atoms with E-state index in [-0.39, 0.29) is 5.41 Å². The lowest BCUT2D eigenvalue weighted by Crippen LogP contribution is -2.16. The van der Waals surface area contributed by atoms with Gasteiger partial charge in [-0.2, -0.15) is 0 Å². The van der Waals surface area contributed by atoms with Crippen molar-refractivity contribution in [2.24, 2.45) is 0 Å². The minimum atomic E-state index is -0.137. The van der Waals surface area contributed by atoms with E-state index in [1.807, 2.05) is 6.07 Å². The van der Waals surface area contributed by atoms with E-state index in [9.17, 15) is 0 Å². The Kier molecular flexibility index (Phi) is 6.01. The minimum Gasteiger partial charge on any atom is -0.456 e. The van der Waals surface area contributed by atoms with Gasteiger partial charge in [0.1, 0.15) is 22.3 Å². The fourth-order valence-corrected chi connectivity index (χ4v) is 8.83. The Morgan fingerprint density at radius 2 is 1.06 bits per heavy atom. The lowest BCUT2D eigenvalue weighted by atomic mass is 9.82. The maximum atomic E-state index is 6.67. The Balaban J connectivity index is 1.19. The monoisotopic (exact) mass is 667 g/mol. The van der Waals surface area contributed by atoms with Gasteiger partial charge in [-0.1, -0.05) is 123 Å².